The van der Waals surface area contributed by atoms with Gasteiger partial charge in [-0.05, 0) is 77.0 Å². The van der Waals surface area contributed by atoms with Gasteiger partial charge in [0, 0.05) is 13.0 Å². The summed E-state index contributed by atoms with van der Waals surface area (Å²) in [6.45, 7) is 5.11. The second kappa shape index (κ2) is 36.0. The van der Waals surface area contributed by atoms with E-state index in [2.05, 4.69) is 86.8 Å². The third-order valence-electron chi connectivity index (χ3n) is 7.02. The third kappa shape index (κ3) is 34.2. The molecule has 0 aromatic heterocycles. The molecule has 0 radical (unpaired) electrons. The first-order valence-electron chi connectivity index (χ1n) is 17.5. The molecule has 4 heteroatoms. The molecule has 0 aromatic rings. The molecule has 1 unspecified atom stereocenters. The molecule has 0 heterocycles. The standard InChI is InChI=1S/C39H66O4/c1-3-5-7-9-11-13-15-16-17-18-19-20-21-22-23-25-27-29-31-33-35-42-37-38(36-40)43-39(41)34-32-30-28-26-24-14-12-10-8-6-4-2/h5,7,10-13,16-17,19-20,22-23,38,40H,3-4,6,8-9,14-15,18,21,24-37H2,1-2H3/b7-5-,12-10-,13-11-,17-16-,20-19-,23-22-. The third-order valence-corrected chi connectivity index (χ3v) is 7.02. The zero-order chi connectivity index (χ0) is 31.3. The van der Waals surface area contributed by atoms with E-state index in [1.807, 2.05) is 0 Å². The van der Waals surface area contributed by atoms with Crippen molar-refractivity contribution in [1.29, 1.82) is 0 Å². The van der Waals surface area contributed by atoms with E-state index in [4.69, 9.17) is 9.47 Å². The van der Waals surface area contributed by atoms with Crippen molar-refractivity contribution in [1.82, 2.24) is 0 Å². The molecule has 43 heavy (non-hydrogen) atoms. The van der Waals surface area contributed by atoms with Gasteiger partial charge in [-0.25, -0.2) is 0 Å². The fraction of sp³-hybridized carbons (Fsp3) is 0.667. The molecule has 0 rings (SSSR count). The van der Waals surface area contributed by atoms with Gasteiger partial charge < -0.3 is 14.6 Å². The summed E-state index contributed by atoms with van der Waals surface area (Å²) in [6.07, 6.45) is 48.0. The molecule has 0 spiro atoms. The lowest BCUT2D eigenvalue weighted by atomic mass is 10.1. The molecule has 0 amide bonds. The molecular formula is C39H66O4. The van der Waals surface area contributed by atoms with Gasteiger partial charge in [0.05, 0.1) is 13.2 Å². The van der Waals surface area contributed by atoms with Crippen molar-refractivity contribution in [3.05, 3.63) is 72.9 Å². The van der Waals surface area contributed by atoms with Crippen molar-refractivity contribution >= 4 is 5.97 Å². The fourth-order valence-corrected chi connectivity index (χ4v) is 4.39. The normalized spacial score (nSPS) is 13.3. The number of allylic oxidation sites excluding steroid dienone is 12. The predicted octanol–water partition coefficient (Wildman–Crippen LogP) is 11.1. The van der Waals surface area contributed by atoms with Crippen molar-refractivity contribution in [3.63, 3.8) is 0 Å². The van der Waals surface area contributed by atoms with Crippen molar-refractivity contribution < 1.29 is 19.4 Å². The first-order chi connectivity index (χ1) is 21.2. The molecule has 0 saturated carbocycles. The van der Waals surface area contributed by atoms with Crippen LogP contribution in [-0.4, -0.2) is 37.0 Å². The number of carbonyl (C=O) groups is 1. The molecule has 0 saturated heterocycles. The summed E-state index contributed by atoms with van der Waals surface area (Å²) in [5, 5.41) is 9.53. The lowest BCUT2D eigenvalue weighted by Gasteiger charge is -2.15. The van der Waals surface area contributed by atoms with E-state index in [-0.39, 0.29) is 19.2 Å². The van der Waals surface area contributed by atoms with Crippen LogP contribution in [-0.2, 0) is 14.3 Å². The molecule has 0 aliphatic heterocycles. The maximum atomic E-state index is 12.1. The summed E-state index contributed by atoms with van der Waals surface area (Å²) >= 11 is 0. The van der Waals surface area contributed by atoms with Gasteiger partial charge in [0.2, 0.25) is 0 Å². The maximum absolute atomic E-state index is 12.1. The minimum atomic E-state index is -0.553. The van der Waals surface area contributed by atoms with Gasteiger partial charge >= 0.3 is 5.97 Å². The van der Waals surface area contributed by atoms with Crippen LogP contribution in [0.4, 0.5) is 0 Å². The molecule has 0 fully saturated rings. The summed E-state index contributed by atoms with van der Waals surface area (Å²) in [5.74, 6) is -0.225. The van der Waals surface area contributed by atoms with Gasteiger partial charge in [0.1, 0.15) is 6.10 Å². The number of unbranched alkanes of at least 4 members (excludes halogenated alkanes) is 11. The molecule has 0 bridgehead atoms. The number of carbonyl (C=O) groups excluding carboxylic acids is 1. The highest BCUT2D eigenvalue weighted by atomic mass is 16.6. The lowest BCUT2D eigenvalue weighted by molar-refractivity contribution is -0.154. The minimum Gasteiger partial charge on any atom is -0.457 e. The van der Waals surface area contributed by atoms with Crippen LogP contribution in [0.2, 0.25) is 0 Å². The van der Waals surface area contributed by atoms with Gasteiger partial charge in [-0.2, -0.15) is 0 Å². The summed E-state index contributed by atoms with van der Waals surface area (Å²) in [5.41, 5.74) is 0. The molecule has 0 aliphatic rings. The van der Waals surface area contributed by atoms with Crippen LogP contribution in [0.25, 0.3) is 0 Å². The Balaban J connectivity index is 3.56. The Labute approximate surface area is 266 Å². The Morgan fingerprint density at radius 1 is 0.581 bits per heavy atom. The summed E-state index contributed by atoms with van der Waals surface area (Å²) < 4.78 is 11.1. The van der Waals surface area contributed by atoms with Crippen LogP contribution in [0.3, 0.4) is 0 Å². The Hall–Kier alpha value is -2.17. The van der Waals surface area contributed by atoms with Crippen molar-refractivity contribution in [2.75, 3.05) is 19.8 Å². The zero-order valence-electron chi connectivity index (χ0n) is 27.9. The second-order valence-electron chi connectivity index (χ2n) is 11.2. The summed E-state index contributed by atoms with van der Waals surface area (Å²) in [7, 11) is 0. The number of esters is 1. The van der Waals surface area contributed by atoms with Gasteiger partial charge in [0.15, 0.2) is 0 Å². The van der Waals surface area contributed by atoms with E-state index >= 15 is 0 Å². The Morgan fingerprint density at radius 2 is 1.05 bits per heavy atom. The van der Waals surface area contributed by atoms with E-state index in [0.29, 0.717) is 13.0 Å². The molecule has 0 aliphatic carbocycles. The first-order valence-corrected chi connectivity index (χ1v) is 17.5. The van der Waals surface area contributed by atoms with Gasteiger partial charge in [-0.1, -0.05) is 132 Å². The maximum Gasteiger partial charge on any atom is 0.306 e. The fourth-order valence-electron chi connectivity index (χ4n) is 4.39. The lowest BCUT2D eigenvalue weighted by Crippen LogP contribution is -2.27. The summed E-state index contributed by atoms with van der Waals surface area (Å²) in [6, 6.07) is 0. The van der Waals surface area contributed by atoms with Crippen LogP contribution in [0.5, 0.6) is 0 Å². The number of aliphatic hydroxyl groups is 1. The highest BCUT2D eigenvalue weighted by Crippen LogP contribution is 2.10. The first kappa shape index (κ1) is 40.8. The van der Waals surface area contributed by atoms with Crippen molar-refractivity contribution in [2.45, 2.75) is 148 Å². The van der Waals surface area contributed by atoms with E-state index in [1.165, 1.54) is 44.9 Å². The van der Waals surface area contributed by atoms with Crippen LogP contribution in [0.15, 0.2) is 72.9 Å². The van der Waals surface area contributed by atoms with E-state index < -0.39 is 6.10 Å². The van der Waals surface area contributed by atoms with Crippen molar-refractivity contribution in [3.8, 4) is 0 Å². The van der Waals surface area contributed by atoms with Crippen LogP contribution in [0, 0.1) is 0 Å². The highest BCUT2D eigenvalue weighted by molar-refractivity contribution is 5.69. The topological polar surface area (TPSA) is 55.8 Å². The SMILES string of the molecule is CC/C=C\C/C=C\C/C=C\C/C=C\C/C=C\CCCCCCOCC(CO)OC(=O)CCCCCCC/C=C\CCCC. The highest BCUT2D eigenvalue weighted by Gasteiger charge is 2.13. The number of rotatable bonds is 31. The van der Waals surface area contributed by atoms with Gasteiger partial charge in [-0.15, -0.1) is 0 Å². The molecule has 4 nitrogen and oxygen atoms in total. The average molecular weight is 599 g/mol. The van der Waals surface area contributed by atoms with Crippen LogP contribution in [0.1, 0.15) is 142 Å². The quantitative estimate of drug-likeness (QED) is 0.0490. The van der Waals surface area contributed by atoms with Crippen LogP contribution < -0.4 is 0 Å². The molecule has 1 N–H and O–H groups in total. The van der Waals surface area contributed by atoms with E-state index in [0.717, 1.165) is 77.0 Å². The molecule has 1 atom stereocenters. The molecule has 0 aromatic carbocycles. The van der Waals surface area contributed by atoms with Gasteiger partial charge in [-0.3, -0.25) is 4.79 Å². The number of ether oxygens (including phenoxy) is 2. The second-order valence-corrected chi connectivity index (χ2v) is 11.2. The zero-order valence-corrected chi connectivity index (χ0v) is 27.9. The average Bonchev–Trinajstić information content (AvgIpc) is 3.01. The molecular weight excluding hydrogens is 532 g/mol. The largest absolute Gasteiger partial charge is 0.457 e. The number of hydrogen-bond donors (Lipinski definition) is 1. The van der Waals surface area contributed by atoms with Crippen LogP contribution >= 0.6 is 0 Å². The smallest absolute Gasteiger partial charge is 0.306 e. The van der Waals surface area contributed by atoms with Crippen molar-refractivity contribution in [2.24, 2.45) is 0 Å². The van der Waals surface area contributed by atoms with E-state index in [9.17, 15) is 9.90 Å². The number of aliphatic hydroxyl groups excluding tert-OH is 1. The number of hydrogen-bond acceptors (Lipinski definition) is 4. The van der Waals surface area contributed by atoms with Gasteiger partial charge in [0.25, 0.3) is 0 Å². The Morgan fingerprint density at radius 3 is 1.60 bits per heavy atom. The monoisotopic (exact) mass is 598 g/mol. The summed E-state index contributed by atoms with van der Waals surface area (Å²) in [4.78, 5) is 12.1. The molecule has 246 valence electrons. The Bertz CT molecular complexity index is 759. The predicted molar refractivity (Wildman–Crippen MR) is 186 cm³/mol. The Kier molecular flexibility index (Phi) is 34.2. The van der Waals surface area contributed by atoms with E-state index in [1.54, 1.807) is 0 Å². The minimum absolute atomic E-state index is 0.190.